The van der Waals surface area contributed by atoms with Crippen LogP contribution in [0.4, 0.5) is 0 Å². The summed E-state index contributed by atoms with van der Waals surface area (Å²) in [6, 6.07) is 1.22. The summed E-state index contributed by atoms with van der Waals surface area (Å²) < 4.78 is 0. The summed E-state index contributed by atoms with van der Waals surface area (Å²) in [5.41, 5.74) is 0. The van der Waals surface area contributed by atoms with Crippen LogP contribution in [0.5, 0.6) is 0 Å². The predicted octanol–water partition coefficient (Wildman–Crippen LogP) is 20.1. The number of carboxylic acid groups (broad SMARTS) is 2. The highest BCUT2D eigenvalue weighted by atomic mass is 16.4. The molecule has 0 heterocycles. The molecule has 6 heteroatoms. The van der Waals surface area contributed by atoms with Crippen molar-refractivity contribution in [2.45, 2.75) is 354 Å². The number of hydrogen-bond acceptors (Lipinski definition) is 4. The molecule has 0 aromatic heterocycles. The fourth-order valence-electron chi connectivity index (χ4n) is 10.6. The number of hydrogen-bond donors (Lipinski definition) is 3. The maximum absolute atomic E-state index is 11.1. The Morgan fingerprint density at radius 2 is 0.594 bits per heavy atom. The number of rotatable bonds is 57. The minimum absolute atomic E-state index is 0.113. The highest BCUT2D eigenvalue weighted by molar-refractivity contribution is 5.66. The Balaban J connectivity index is 3.94. The van der Waals surface area contributed by atoms with Crippen molar-refractivity contribution < 1.29 is 24.9 Å². The molecule has 0 spiro atoms. The van der Waals surface area contributed by atoms with Crippen molar-refractivity contribution >= 4 is 11.9 Å². The molecule has 0 rings (SSSR count). The summed E-state index contributed by atoms with van der Waals surface area (Å²) in [5.74, 6) is -0.645. The molecule has 2 atom stereocenters. The van der Waals surface area contributed by atoms with Gasteiger partial charge >= 0.3 is 11.9 Å². The van der Waals surface area contributed by atoms with E-state index in [2.05, 4.69) is 56.9 Å². The van der Waals surface area contributed by atoms with Gasteiger partial charge in [-0.05, 0) is 124 Å². The summed E-state index contributed by atoms with van der Waals surface area (Å²) in [7, 11) is 0. The molecule has 0 aromatic carbocycles. The molecule has 6 nitrogen and oxygen atoms in total. The monoisotopic (exact) mass is 972 g/mol. The van der Waals surface area contributed by atoms with E-state index in [1.54, 1.807) is 0 Å². The van der Waals surface area contributed by atoms with Crippen LogP contribution in [-0.4, -0.2) is 56.9 Å². The molecule has 0 saturated heterocycles. The fourth-order valence-corrected chi connectivity index (χ4v) is 10.6. The van der Waals surface area contributed by atoms with Gasteiger partial charge in [-0.2, -0.15) is 0 Å². The van der Waals surface area contributed by atoms with Crippen LogP contribution in [0.3, 0.4) is 0 Å². The quantitative estimate of drug-likeness (QED) is 0.0415. The zero-order valence-electron chi connectivity index (χ0n) is 46.9. The van der Waals surface area contributed by atoms with E-state index in [1.807, 2.05) is 0 Å². The average molecular weight is 973 g/mol. The SMILES string of the molecule is CC(C)N(CCCCC(CCCCCCCCCCCCCCCC/C=C\CCCCCCCC(=O)O)CC(O)CCCCCCCCCCCCCC/C=C\CCCCCCCC(=O)O)C(C)C. The third-order valence-electron chi connectivity index (χ3n) is 15.0. The summed E-state index contributed by atoms with van der Waals surface area (Å²) in [6.07, 6.45) is 68.7. The van der Waals surface area contributed by atoms with Gasteiger partial charge in [-0.15, -0.1) is 0 Å². The fraction of sp³-hybridized carbons (Fsp3) is 0.905. The summed E-state index contributed by atoms with van der Waals surface area (Å²) in [6.45, 7) is 10.5. The van der Waals surface area contributed by atoms with Gasteiger partial charge in [-0.3, -0.25) is 14.5 Å². The van der Waals surface area contributed by atoms with Crippen LogP contribution in [-0.2, 0) is 9.59 Å². The lowest BCUT2D eigenvalue weighted by Gasteiger charge is -2.30. The van der Waals surface area contributed by atoms with E-state index in [9.17, 15) is 14.7 Å². The van der Waals surface area contributed by atoms with Crippen molar-refractivity contribution in [1.29, 1.82) is 0 Å². The maximum atomic E-state index is 11.1. The number of aliphatic carboxylic acids is 2. The molecular weight excluding hydrogens is 851 g/mol. The third kappa shape index (κ3) is 54.0. The number of aliphatic hydroxyl groups is 1. The van der Waals surface area contributed by atoms with Crippen molar-refractivity contribution in [3.63, 3.8) is 0 Å². The average Bonchev–Trinajstić information content (AvgIpc) is 3.31. The molecule has 0 saturated carbocycles. The van der Waals surface area contributed by atoms with E-state index in [0.29, 0.717) is 30.8 Å². The van der Waals surface area contributed by atoms with Gasteiger partial charge in [0.1, 0.15) is 0 Å². The van der Waals surface area contributed by atoms with Crippen molar-refractivity contribution in [2.75, 3.05) is 6.54 Å². The molecule has 0 amide bonds. The van der Waals surface area contributed by atoms with E-state index in [-0.39, 0.29) is 6.10 Å². The van der Waals surface area contributed by atoms with Crippen molar-refractivity contribution in [3.8, 4) is 0 Å². The topological polar surface area (TPSA) is 98.1 Å². The minimum Gasteiger partial charge on any atom is -0.481 e. The lowest BCUT2D eigenvalue weighted by Crippen LogP contribution is -2.37. The molecule has 0 radical (unpaired) electrons. The normalized spacial score (nSPS) is 13.0. The van der Waals surface area contributed by atoms with E-state index >= 15 is 0 Å². The van der Waals surface area contributed by atoms with Gasteiger partial charge in [0.25, 0.3) is 0 Å². The summed E-state index contributed by atoms with van der Waals surface area (Å²) in [4.78, 5) is 23.8. The molecule has 0 aliphatic rings. The van der Waals surface area contributed by atoms with E-state index in [4.69, 9.17) is 10.2 Å². The van der Waals surface area contributed by atoms with E-state index in [0.717, 1.165) is 38.5 Å². The Labute approximate surface area is 430 Å². The Hall–Kier alpha value is -1.66. The molecule has 0 bridgehead atoms. The minimum atomic E-state index is -0.667. The molecule has 408 valence electrons. The zero-order chi connectivity index (χ0) is 50.5. The van der Waals surface area contributed by atoms with Crippen LogP contribution in [0.25, 0.3) is 0 Å². The van der Waals surface area contributed by atoms with Crippen LogP contribution < -0.4 is 0 Å². The van der Waals surface area contributed by atoms with Crippen LogP contribution in [0.1, 0.15) is 336 Å². The van der Waals surface area contributed by atoms with Gasteiger partial charge in [-0.25, -0.2) is 0 Å². The standard InChI is InChI=1S/C63H121NO5/c1-58(2)64(59(3)4)56-50-49-52-60(51-45-41-37-33-29-25-21-17-13-9-6-5-7-11-15-19-23-27-31-35-39-43-47-54-62(66)67)57-61(65)53-46-42-38-34-30-26-22-18-14-10-8-12-16-20-24-28-32-36-40-44-48-55-63(68)69/h19-20,23-24,58-61,65H,5-18,21-22,25-57H2,1-4H3,(H,66,67)(H,68,69)/b23-19-,24-20-. The Bertz CT molecular complexity index is 1110. The first kappa shape index (κ1) is 67.3. The molecule has 0 aliphatic heterocycles. The number of nitrogens with zero attached hydrogens (tertiary/aromatic N) is 1. The van der Waals surface area contributed by atoms with Crippen molar-refractivity contribution in [1.82, 2.24) is 4.90 Å². The Kier molecular flexibility index (Phi) is 52.8. The van der Waals surface area contributed by atoms with Gasteiger partial charge in [0, 0.05) is 24.9 Å². The van der Waals surface area contributed by atoms with Crippen LogP contribution in [0, 0.1) is 5.92 Å². The lowest BCUT2D eigenvalue weighted by atomic mass is 9.88. The molecular formula is C63H121NO5. The highest BCUT2D eigenvalue weighted by Crippen LogP contribution is 2.26. The number of carbonyl (C=O) groups is 2. The summed E-state index contributed by atoms with van der Waals surface area (Å²) in [5, 5.41) is 28.6. The number of allylic oxidation sites excluding steroid dienone is 4. The molecule has 2 unspecified atom stereocenters. The molecule has 0 aromatic rings. The third-order valence-corrected chi connectivity index (χ3v) is 15.0. The second-order valence-corrected chi connectivity index (χ2v) is 22.4. The van der Waals surface area contributed by atoms with E-state index in [1.165, 1.54) is 263 Å². The first-order chi connectivity index (χ1) is 33.6. The van der Waals surface area contributed by atoms with E-state index < -0.39 is 11.9 Å². The lowest BCUT2D eigenvalue weighted by molar-refractivity contribution is -0.138. The molecule has 0 aliphatic carbocycles. The molecule has 3 N–H and O–H groups in total. The van der Waals surface area contributed by atoms with Gasteiger partial charge < -0.3 is 15.3 Å². The van der Waals surface area contributed by atoms with Crippen molar-refractivity contribution in [3.05, 3.63) is 24.3 Å². The van der Waals surface area contributed by atoms with Crippen LogP contribution in [0.2, 0.25) is 0 Å². The predicted molar refractivity (Wildman–Crippen MR) is 302 cm³/mol. The molecule has 69 heavy (non-hydrogen) atoms. The van der Waals surface area contributed by atoms with Crippen LogP contribution in [0.15, 0.2) is 24.3 Å². The van der Waals surface area contributed by atoms with Gasteiger partial charge in [0.05, 0.1) is 6.10 Å². The Morgan fingerprint density at radius 3 is 0.884 bits per heavy atom. The Morgan fingerprint density at radius 1 is 0.348 bits per heavy atom. The highest BCUT2D eigenvalue weighted by Gasteiger charge is 2.17. The number of carboxylic acids is 2. The maximum Gasteiger partial charge on any atom is 0.303 e. The largest absolute Gasteiger partial charge is 0.481 e. The number of aliphatic hydroxyl groups excluding tert-OH is 1. The first-order valence-electron chi connectivity index (χ1n) is 30.8. The smallest absolute Gasteiger partial charge is 0.303 e. The van der Waals surface area contributed by atoms with Gasteiger partial charge in [0.2, 0.25) is 0 Å². The molecule has 0 fully saturated rings. The second-order valence-electron chi connectivity index (χ2n) is 22.4. The zero-order valence-corrected chi connectivity index (χ0v) is 46.9. The number of unbranched alkanes of at least 4 members (excludes halogenated alkanes) is 37. The van der Waals surface area contributed by atoms with Crippen molar-refractivity contribution in [2.24, 2.45) is 5.92 Å². The second kappa shape index (κ2) is 54.1. The first-order valence-corrected chi connectivity index (χ1v) is 30.8. The van der Waals surface area contributed by atoms with Crippen LogP contribution >= 0.6 is 0 Å². The van der Waals surface area contributed by atoms with Gasteiger partial charge in [-0.1, -0.05) is 236 Å². The summed E-state index contributed by atoms with van der Waals surface area (Å²) >= 11 is 0. The van der Waals surface area contributed by atoms with Gasteiger partial charge in [0.15, 0.2) is 0 Å².